The van der Waals surface area contributed by atoms with Gasteiger partial charge in [-0.2, -0.15) is 0 Å². The Morgan fingerprint density at radius 1 is 1.08 bits per heavy atom. The molecule has 190 valence electrons. The van der Waals surface area contributed by atoms with Crippen molar-refractivity contribution in [1.82, 2.24) is 0 Å². The van der Waals surface area contributed by atoms with E-state index in [1.807, 2.05) is 30.3 Å². The maximum absolute atomic E-state index is 13.3. The Hall–Kier alpha value is -2.01. The zero-order valence-corrected chi connectivity index (χ0v) is 22.7. The fourth-order valence-corrected chi connectivity index (χ4v) is 7.15. The molecule has 5 nitrogen and oxygen atoms in total. The lowest BCUT2D eigenvalue weighted by Gasteiger charge is -2.30. The van der Waals surface area contributed by atoms with Crippen LogP contribution < -0.4 is 4.74 Å². The lowest BCUT2D eigenvalue weighted by molar-refractivity contribution is 0.0725. The van der Waals surface area contributed by atoms with Gasteiger partial charge in [0.2, 0.25) is 0 Å². The molecule has 1 heterocycles. The molecule has 0 aromatic heterocycles. The lowest BCUT2D eigenvalue weighted by Crippen LogP contribution is -2.17. The van der Waals surface area contributed by atoms with Crippen molar-refractivity contribution in [1.29, 1.82) is 0 Å². The van der Waals surface area contributed by atoms with Crippen LogP contribution in [-0.4, -0.2) is 18.1 Å². The molecule has 3 atom stereocenters. The fraction of sp³-hybridized carbons (Fsp3) is 0.357. The van der Waals surface area contributed by atoms with Gasteiger partial charge in [0.25, 0.3) is 0 Å². The van der Waals surface area contributed by atoms with E-state index in [9.17, 15) is 9.67 Å². The Morgan fingerprint density at radius 3 is 2.69 bits per heavy atom. The Bertz CT molecular complexity index is 1330. The molecular weight excluding hydrogens is 518 g/mol. The molecule has 0 unspecified atom stereocenters. The molecule has 5 rings (SSSR count). The SMILES string of the molecule is CC(C)c1cc([C@@H]2CCc3cc(OC[P@]4(=O)OCC[C@@H](c5cccc(Cl)c5)O4)cc(Cl)c32)ccc1O. The second-order valence-corrected chi connectivity index (χ2v) is 12.5. The quantitative estimate of drug-likeness (QED) is 0.313. The molecule has 0 bridgehead atoms. The van der Waals surface area contributed by atoms with Crippen LogP contribution in [0.4, 0.5) is 0 Å². The summed E-state index contributed by atoms with van der Waals surface area (Å²) in [6.45, 7) is 4.45. The molecule has 1 saturated heterocycles. The molecule has 0 radical (unpaired) electrons. The number of rotatable bonds is 6. The number of aryl methyl sites for hydroxylation is 1. The summed E-state index contributed by atoms with van der Waals surface area (Å²) in [6, 6.07) is 16.9. The monoisotopic (exact) mass is 546 g/mol. The number of hydrogen-bond acceptors (Lipinski definition) is 5. The van der Waals surface area contributed by atoms with Crippen molar-refractivity contribution in [3.05, 3.63) is 92.5 Å². The molecular formula is C28H29Cl2O5P. The highest BCUT2D eigenvalue weighted by Crippen LogP contribution is 2.56. The number of hydrogen-bond donors (Lipinski definition) is 1. The highest BCUT2D eigenvalue weighted by molar-refractivity contribution is 7.53. The van der Waals surface area contributed by atoms with Gasteiger partial charge in [0.05, 0.1) is 12.7 Å². The molecule has 0 amide bonds. The van der Waals surface area contributed by atoms with Gasteiger partial charge in [0.1, 0.15) is 11.5 Å². The number of benzene rings is 3. The van der Waals surface area contributed by atoms with Crippen molar-refractivity contribution in [2.75, 3.05) is 13.0 Å². The van der Waals surface area contributed by atoms with E-state index in [-0.39, 0.29) is 24.3 Å². The molecule has 8 heteroatoms. The van der Waals surface area contributed by atoms with E-state index < -0.39 is 7.60 Å². The van der Waals surface area contributed by atoms with Crippen LogP contribution in [0.15, 0.2) is 54.6 Å². The fourth-order valence-electron chi connectivity index (χ4n) is 5.09. The average molecular weight is 547 g/mol. The molecule has 1 aliphatic carbocycles. The van der Waals surface area contributed by atoms with Crippen molar-refractivity contribution < 1.29 is 23.5 Å². The molecule has 3 aromatic rings. The Balaban J connectivity index is 1.31. The van der Waals surface area contributed by atoms with Crippen LogP contribution in [0.25, 0.3) is 0 Å². The number of fused-ring (bicyclic) bond motifs is 1. The Morgan fingerprint density at radius 2 is 1.92 bits per heavy atom. The Kier molecular flexibility index (Phi) is 7.40. The van der Waals surface area contributed by atoms with Gasteiger partial charge < -0.3 is 14.4 Å². The van der Waals surface area contributed by atoms with Gasteiger partial charge in [-0.05, 0) is 76.9 Å². The van der Waals surface area contributed by atoms with E-state index in [4.69, 9.17) is 37.0 Å². The van der Waals surface area contributed by atoms with E-state index in [0.717, 1.165) is 40.7 Å². The maximum atomic E-state index is 13.3. The number of phenols is 1. The van der Waals surface area contributed by atoms with Crippen LogP contribution in [-0.2, 0) is 20.0 Å². The van der Waals surface area contributed by atoms with E-state index >= 15 is 0 Å². The third kappa shape index (κ3) is 5.32. The van der Waals surface area contributed by atoms with Crippen LogP contribution in [0.5, 0.6) is 11.5 Å². The Labute approximate surface area is 221 Å². The zero-order valence-electron chi connectivity index (χ0n) is 20.2. The topological polar surface area (TPSA) is 65.0 Å². The standard InChI is InChI=1S/C28H29Cl2O5P/c1-17(2)24-14-18(7-9-26(24)31)23-8-6-20-13-22(15-25(30)28(20)23)33-16-36(32)34-11-10-27(35-36)19-4-3-5-21(29)12-19/h3-5,7,9,12-15,17,23,27,31H,6,8,10-11,16H2,1-2H3/t23-,27-,36-/m0/s1. The van der Waals surface area contributed by atoms with Crippen molar-refractivity contribution in [3.8, 4) is 11.5 Å². The zero-order chi connectivity index (χ0) is 25.4. The maximum Gasteiger partial charge on any atom is 0.368 e. The predicted octanol–water partition coefficient (Wildman–Crippen LogP) is 8.61. The molecule has 1 aliphatic heterocycles. The largest absolute Gasteiger partial charge is 0.508 e. The van der Waals surface area contributed by atoms with Gasteiger partial charge in [-0.1, -0.05) is 61.3 Å². The minimum absolute atomic E-state index is 0.154. The first-order valence-corrected chi connectivity index (χ1v) is 14.7. The first-order valence-electron chi connectivity index (χ1n) is 12.2. The second-order valence-electron chi connectivity index (χ2n) is 9.70. The van der Waals surface area contributed by atoms with Crippen molar-refractivity contribution in [2.45, 2.75) is 51.0 Å². The first-order chi connectivity index (χ1) is 17.2. The van der Waals surface area contributed by atoms with Gasteiger partial charge in [-0.15, -0.1) is 0 Å². The molecule has 0 saturated carbocycles. The van der Waals surface area contributed by atoms with Crippen LogP contribution in [0, 0.1) is 0 Å². The highest BCUT2D eigenvalue weighted by Gasteiger charge is 2.36. The normalized spacial score (nSPS) is 23.6. The summed E-state index contributed by atoms with van der Waals surface area (Å²) in [6.07, 6.45) is 1.81. The predicted molar refractivity (Wildman–Crippen MR) is 143 cm³/mol. The molecule has 0 spiro atoms. The van der Waals surface area contributed by atoms with E-state index in [1.54, 1.807) is 18.2 Å². The highest BCUT2D eigenvalue weighted by atomic mass is 35.5. The van der Waals surface area contributed by atoms with E-state index in [2.05, 4.69) is 19.9 Å². The van der Waals surface area contributed by atoms with E-state index in [0.29, 0.717) is 34.6 Å². The van der Waals surface area contributed by atoms with Crippen LogP contribution in [0.3, 0.4) is 0 Å². The number of ether oxygens (including phenoxy) is 1. The minimum Gasteiger partial charge on any atom is -0.508 e. The molecule has 1 N–H and O–H groups in total. The van der Waals surface area contributed by atoms with Crippen molar-refractivity contribution in [2.24, 2.45) is 0 Å². The smallest absolute Gasteiger partial charge is 0.368 e. The van der Waals surface area contributed by atoms with Crippen molar-refractivity contribution >= 4 is 30.8 Å². The van der Waals surface area contributed by atoms with Gasteiger partial charge in [-0.3, -0.25) is 9.09 Å². The van der Waals surface area contributed by atoms with Crippen LogP contribution in [0.2, 0.25) is 10.0 Å². The van der Waals surface area contributed by atoms with Gasteiger partial charge in [0.15, 0.2) is 6.35 Å². The second kappa shape index (κ2) is 10.4. The summed E-state index contributed by atoms with van der Waals surface area (Å²) in [5.41, 5.74) is 5.15. The molecule has 1 fully saturated rings. The third-order valence-corrected chi connectivity index (χ3v) is 9.03. The summed E-state index contributed by atoms with van der Waals surface area (Å²) >= 11 is 12.9. The van der Waals surface area contributed by atoms with Crippen LogP contribution >= 0.6 is 30.8 Å². The summed E-state index contributed by atoms with van der Waals surface area (Å²) in [4.78, 5) is 0. The molecule has 3 aromatic carbocycles. The van der Waals surface area contributed by atoms with E-state index in [1.165, 1.54) is 0 Å². The van der Waals surface area contributed by atoms with Gasteiger partial charge >= 0.3 is 7.60 Å². The summed E-state index contributed by atoms with van der Waals surface area (Å²) < 4.78 is 30.6. The molecule has 2 aliphatic rings. The number of phenolic OH excluding ortho intramolecular Hbond substituents is 1. The number of halogens is 2. The number of aromatic hydroxyl groups is 1. The first kappa shape index (κ1) is 25.6. The summed E-state index contributed by atoms with van der Waals surface area (Å²) in [7, 11) is -3.46. The third-order valence-electron chi connectivity index (χ3n) is 6.88. The van der Waals surface area contributed by atoms with Gasteiger partial charge in [0, 0.05) is 22.4 Å². The van der Waals surface area contributed by atoms with Crippen molar-refractivity contribution in [3.63, 3.8) is 0 Å². The minimum atomic E-state index is -3.46. The summed E-state index contributed by atoms with van der Waals surface area (Å²) in [5.74, 6) is 1.24. The lowest BCUT2D eigenvalue weighted by atomic mass is 9.89. The van der Waals surface area contributed by atoms with Gasteiger partial charge in [-0.25, -0.2) is 0 Å². The molecule has 36 heavy (non-hydrogen) atoms. The summed E-state index contributed by atoms with van der Waals surface area (Å²) in [5, 5.41) is 11.4. The van der Waals surface area contributed by atoms with Crippen LogP contribution in [0.1, 0.15) is 72.4 Å². The average Bonchev–Trinajstić information content (AvgIpc) is 3.28.